The Bertz CT molecular complexity index is 1040. The molecule has 0 radical (unpaired) electrons. The smallest absolute Gasteiger partial charge is 0.248 e. The normalized spacial score (nSPS) is 17.0. The lowest BCUT2D eigenvalue weighted by Gasteiger charge is -2.19. The van der Waals surface area contributed by atoms with E-state index < -0.39 is 0 Å². The van der Waals surface area contributed by atoms with Gasteiger partial charge in [0.2, 0.25) is 5.91 Å². The maximum absolute atomic E-state index is 12.3. The van der Waals surface area contributed by atoms with Crippen molar-refractivity contribution in [2.45, 2.75) is 12.5 Å². The van der Waals surface area contributed by atoms with Gasteiger partial charge in [0.05, 0.1) is 10.2 Å². The third kappa shape index (κ3) is 4.78. The molecule has 1 fully saturated rings. The zero-order chi connectivity index (χ0) is 20.4. The van der Waals surface area contributed by atoms with Crippen molar-refractivity contribution in [3.63, 3.8) is 0 Å². The lowest BCUT2D eigenvalue weighted by molar-refractivity contribution is -0.111. The highest BCUT2D eigenvalue weighted by Gasteiger charge is 2.26. The minimum atomic E-state index is -0.169. The van der Waals surface area contributed by atoms with Crippen LogP contribution in [0, 0.1) is 0 Å². The number of hydrogen-bond donors (Lipinski definition) is 1. The van der Waals surface area contributed by atoms with Crippen molar-refractivity contribution in [2.24, 2.45) is 0 Å². The van der Waals surface area contributed by atoms with Gasteiger partial charge in [0.1, 0.15) is 0 Å². The fourth-order valence-electron chi connectivity index (χ4n) is 3.39. The van der Waals surface area contributed by atoms with Crippen LogP contribution in [0.1, 0.15) is 12.0 Å². The number of carbonyl (C=O) groups excluding carboxylic acids is 1. The van der Waals surface area contributed by atoms with Crippen molar-refractivity contribution >= 4 is 56.0 Å². The molecule has 150 valence electrons. The third-order valence-electron chi connectivity index (χ3n) is 5.11. The SMILES string of the molecule is CN(C)[C@@H]1CCN(c2nc3ccc(NC(=O)/C=C/c4ccc(Cl)cc4)cc3s2)C1. The molecule has 5 nitrogen and oxygen atoms in total. The first kappa shape index (κ1) is 19.9. The highest BCUT2D eigenvalue weighted by molar-refractivity contribution is 7.22. The van der Waals surface area contributed by atoms with E-state index in [1.54, 1.807) is 29.5 Å². The third-order valence-corrected chi connectivity index (χ3v) is 6.44. The molecule has 1 amide bonds. The Morgan fingerprint density at radius 3 is 2.79 bits per heavy atom. The largest absolute Gasteiger partial charge is 0.346 e. The molecule has 0 unspecified atom stereocenters. The van der Waals surface area contributed by atoms with Gasteiger partial charge in [-0.05, 0) is 62.5 Å². The van der Waals surface area contributed by atoms with Crippen LogP contribution in [0.4, 0.5) is 10.8 Å². The quantitative estimate of drug-likeness (QED) is 0.598. The summed E-state index contributed by atoms with van der Waals surface area (Å²) in [6.07, 6.45) is 4.45. The monoisotopic (exact) mass is 426 g/mol. The lowest BCUT2D eigenvalue weighted by atomic mass is 10.2. The zero-order valence-corrected chi connectivity index (χ0v) is 18.0. The topological polar surface area (TPSA) is 48.5 Å². The number of nitrogens with zero attached hydrogens (tertiary/aromatic N) is 3. The summed E-state index contributed by atoms with van der Waals surface area (Å²) in [6.45, 7) is 2.04. The molecule has 0 aliphatic carbocycles. The van der Waals surface area contributed by atoms with Crippen molar-refractivity contribution in [1.29, 1.82) is 0 Å². The first-order chi connectivity index (χ1) is 14.0. The molecule has 2 aromatic carbocycles. The minimum absolute atomic E-state index is 0.169. The van der Waals surface area contributed by atoms with Crippen LogP contribution in [0.3, 0.4) is 0 Å². The molecule has 3 aromatic rings. The molecule has 0 spiro atoms. The van der Waals surface area contributed by atoms with Crippen LogP contribution < -0.4 is 10.2 Å². The highest BCUT2D eigenvalue weighted by Crippen LogP contribution is 2.33. The van der Waals surface area contributed by atoms with Crippen molar-refractivity contribution in [2.75, 3.05) is 37.4 Å². The number of amides is 1. The van der Waals surface area contributed by atoms with Crippen LogP contribution in [0.5, 0.6) is 0 Å². The van der Waals surface area contributed by atoms with Gasteiger partial charge in [0.15, 0.2) is 5.13 Å². The van der Waals surface area contributed by atoms with E-state index in [0.29, 0.717) is 11.1 Å². The number of benzene rings is 2. The number of fused-ring (bicyclic) bond motifs is 1. The van der Waals surface area contributed by atoms with Gasteiger partial charge in [-0.15, -0.1) is 0 Å². The maximum atomic E-state index is 12.3. The Labute approximate surface area is 179 Å². The number of thiazole rings is 1. The summed E-state index contributed by atoms with van der Waals surface area (Å²) in [7, 11) is 4.26. The molecular formula is C22H23ClN4OS. The summed E-state index contributed by atoms with van der Waals surface area (Å²) in [5, 5.41) is 4.65. The standard InChI is InChI=1S/C22H23ClN4OS/c1-26(2)18-11-12-27(14-18)22-25-19-9-8-17(13-20(19)29-22)24-21(28)10-5-15-3-6-16(23)7-4-15/h3-10,13,18H,11-12,14H2,1-2H3,(H,24,28)/b10-5+/t18-/m1/s1. The van der Waals surface area contributed by atoms with E-state index >= 15 is 0 Å². The predicted molar refractivity (Wildman–Crippen MR) is 123 cm³/mol. The molecule has 1 saturated heterocycles. The number of nitrogens with one attached hydrogen (secondary N) is 1. The number of likely N-dealkylation sites (N-methyl/N-ethyl adjacent to an activating group) is 1. The van der Waals surface area contributed by atoms with E-state index in [2.05, 4.69) is 29.2 Å². The molecule has 0 saturated carbocycles. The van der Waals surface area contributed by atoms with E-state index in [9.17, 15) is 4.79 Å². The molecule has 1 atom stereocenters. The molecule has 1 N–H and O–H groups in total. The predicted octanol–water partition coefficient (Wildman–Crippen LogP) is 4.74. The van der Waals surface area contributed by atoms with Crippen molar-refractivity contribution in [3.05, 3.63) is 59.1 Å². The van der Waals surface area contributed by atoms with E-state index in [-0.39, 0.29) is 5.91 Å². The summed E-state index contributed by atoms with van der Waals surface area (Å²) in [5.41, 5.74) is 2.66. The Morgan fingerprint density at radius 1 is 1.28 bits per heavy atom. The Kier molecular flexibility index (Phi) is 5.85. The van der Waals surface area contributed by atoms with E-state index in [4.69, 9.17) is 16.6 Å². The van der Waals surface area contributed by atoms with E-state index in [1.165, 1.54) is 6.08 Å². The maximum Gasteiger partial charge on any atom is 0.248 e. The summed E-state index contributed by atoms with van der Waals surface area (Å²) < 4.78 is 1.08. The number of hydrogen-bond acceptors (Lipinski definition) is 5. The summed E-state index contributed by atoms with van der Waals surface area (Å²) in [6, 6.07) is 13.8. The second kappa shape index (κ2) is 8.53. The molecule has 7 heteroatoms. The zero-order valence-electron chi connectivity index (χ0n) is 16.4. The van der Waals surface area contributed by atoms with Gasteiger partial charge in [0, 0.05) is 35.9 Å². The van der Waals surface area contributed by atoms with Crippen molar-refractivity contribution < 1.29 is 4.79 Å². The number of anilines is 2. The van der Waals surface area contributed by atoms with Gasteiger partial charge in [-0.25, -0.2) is 4.98 Å². The molecule has 2 heterocycles. The van der Waals surface area contributed by atoms with Crippen LogP contribution in [0.25, 0.3) is 16.3 Å². The number of aromatic nitrogens is 1. The Morgan fingerprint density at radius 2 is 2.07 bits per heavy atom. The van der Waals surface area contributed by atoms with Crippen LogP contribution in [-0.4, -0.2) is 49.0 Å². The second-order valence-electron chi connectivity index (χ2n) is 7.41. The first-order valence-corrected chi connectivity index (χ1v) is 10.7. The average Bonchev–Trinajstić information content (AvgIpc) is 3.34. The summed E-state index contributed by atoms with van der Waals surface area (Å²) >= 11 is 7.56. The van der Waals surface area contributed by atoms with Crippen LogP contribution in [0.2, 0.25) is 5.02 Å². The van der Waals surface area contributed by atoms with E-state index in [0.717, 1.165) is 46.1 Å². The summed E-state index contributed by atoms with van der Waals surface area (Å²) in [4.78, 5) is 21.7. The molecule has 1 aliphatic rings. The van der Waals surface area contributed by atoms with Crippen molar-refractivity contribution in [1.82, 2.24) is 9.88 Å². The molecular weight excluding hydrogens is 404 g/mol. The fraction of sp³-hybridized carbons (Fsp3) is 0.273. The van der Waals surface area contributed by atoms with Crippen LogP contribution in [0.15, 0.2) is 48.5 Å². The Hall–Kier alpha value is -2.41. The van der Waals surface area contributed by atoms with Crippen LogP contribution >= 0.6 is 22.9 Å². The number of carbonyl (C=O) groups is 1. The molecule has 29 heavy (non-hydrogen) atoms. The van der Waals surface area contributed by atoms with Gasteiger partial charge >= 0.3 is 0 Å². The van der Waals surface area contributed by atoms with Gasteiger partial charge < -0.3 is 15.1 Å². The molecule has 4 rings (SSSR count). The van der Waals surface area contributed by atoms with Gasteiger partial charge in [-0.3, -0.25) is 4.79 Å². The fourth-order valence-corrected chi connectivity index (χ4v) is 4.56. The second-order valence-corrected chi connectivity index (χ2v) is 8.85. The minimum Gasteiger partial charge on any atom is -0.346 e. The molecule has 1 aromatic heterocycles. The lowest BCUT2D eigenvalue weighted by Crippen LogP contribution is -2.31. The Balaban J connectivity index is 1.43. The van der Waals surface area contributed by atoms with Gasteiger partial charge in [-0.2, -0.15) is 0 Å². The summed E-state index contributed by atoms with van der Waals surface area (Å²) in [5.74, 6) is -0.169. The molecule has 0 bridgehead atoms. The highest BCUT2D eigenvalue weighted by atomic mass is 35.5. The van der Waals surface area contributed by atoms with Gasteiger partial charge in [0.25, 0.3) is 0 Å². The van der Waals surface area contributed by atoms with Gasteiger partial charge in [-0.1, -0.05) is 35.1 Å². The number of rotatable bonds is 5. The molecule has 1 aliphatic heterocycles. The van der Waals surface area contributed by atoms with E-state index in [1.807, 2.05) is 30.3 Å². The first-order valence-electron chi connectivity index (χ1n) is 9.54. The van der Waals surface area contributed by atoms with Crippen molar-refractivity contribution in [3.8, 4) is 0 Å². The van der Waals surface area contributed by atoms with Crippen LogP contribution in [-0.2, 0) is 4.79 Å². The average molecular weight is 427 g/mol. The number of halogens is 1.